The third kappa shape index (κ3) is 3.12. The predicted octanol–water partition coefficient (Wildman–Crippen LogP) is 3.83. The van der Waals surface area contributed by atoms with Crippen LogP contribution in [0.1, 0.15) is 5.69 Å². The van der Waals surface area contributed by atoms with Crippen LogP contribution in [0.15, 0.2) is 48.0 Å². The maximum absolute atomic E-state index is 5.74. The second-order valence-corrected chi connectivity index (χ2v) is 5.26. The lowest BCUT2D eigenvalue weighted by Gasteiger charge is -2.02. The number of benzene rings is 1. The SMILES string of the molecule is Clc1cc(OCc2csc(-c3ccccc3)n2)cnn1. The van der Waals surface area contributed by atoms with Gasteiger partial charge in [0.2, 0.25) is 0 Å². The molecule has 2 heterocycles. The smallest absolute Gasteiger partial charge is 0.155 e. The molecule has 0 unspecified atom stereocenters. The molecule has 4 nitrogen and oxygen atoms in total. The highest BCUT2D eigenvalue weighted by Gasteiger charge is 2.05. The zero-order chi connectivity index (χ0) is 13.8. The lowest BCUT2D eigenvalue weighted by molar-refractivity contribution is 0.300. The number of halogens is 1. The van der Waals surface area contributed by atoms with E-state index in [2.05, 4.69) is 15.2 Å². The highest BCUT2D eigenvalue weighted by Crippen LogP contribution is 2.24. The molecule has 100 valence electrons. The molecule has 0 aliphatic heterocycles. The second kappa shape index (κ2) is 5.98. The molecule has 0 fully saturated rings. The van der Waals surface area contributed by atoms with E-state index in [4.69, 9.17) is 16.3 Å². The minimum Gasteiger partial charge on any atom is -0.485 e. The van der Waals surface area contributed by atoms with Gasteiger partial charge in [0.05, 0.1) is 11.9 Å². The van der Waals surface area contributed by atoms with Gasteiger partial charge in [-0.3, -0.25) is 0 Å². The van der Waals surface area contributed by atoms with Crippen molar-refractivity contribution in [2.45, 2.75) is 6.61 Å². The standard InChI is InChI=1S/C14H10ClN3OS/c15-13-6-12(7-16-18-13)19-8-11-9-20-14(17-11)10-4-2-1-3-5-10/h1-7,9H,8H2. The Morgan fingerprint density at radius 1 is 1.20 bits per heavy atom. The van der Waals surface area contributed by atoms with Crippen molar-refractivity contribution in [3.63, 3.8) is 0 Å². The molecule has 1 aromatic carbocycles. The van der Waals surface area contributed by atoms with Crippen molar-refractivity contribution in [2.24, 2.45) is 0 Å². The number of ether oxygens (including phenoxy) is 1. The maximum Gasteiger partial charge on any atom is 0.155 e. The fraction of sp³-hybridized carbons (Fsp3) is 0.0714. The zero-order valence-corrected chi connectivity index (χ0v) is 11.9. The Labute approximate surface area is 125 Å². The van der Waals surface area contributed by atoms with Crippen LogP contribution in [0.3, 0.4) is 0 Å². The van der Waals surface area contributed by atoms with Crippen LogP contribution < -0.4 is 4.74 Å². The topological polar surface area (TPSA) is 47.9 Å². The Morgan fingerprint density at radius 3 is 2.85 bits per heavy atom. The summed E-state index contributed by atoms with van der Waals surface area (Å²) in [6.07, 6.45) is 1.52. The Morgan fingerprint density at radius 2 is 2.05 bits per heavy atom. The fourth-order valence-electron chi connectivity index (χ4n) is 1.65. The average Bonchev–Trinajstić information content (AvgIpc) is 2.95. The lowest BCUT2D eigenvalue weighted by atomic mass is 10.2. The van der Waals surface area contributed by atoms with E-state index in [-0.39, 0.29) is 0 Å². The summed E-state index contributed by atoms with van der Waals surface area (Å²) in [6.45, 7) is 0.380. The first-order valence-corrected chi connectivity index (χ1v) is 7.18. The molecule has 0 saturated carbocycles. The van der Waals surface area contributed by atoms with E-state index in [1.165, 1.54) is 6.20 Å². The molecular formula is C14H10ClN3OS. The van der Waals surface area contributed by atoms with Crippen LogP contribution in [0.25, 0.3) is 10.6 Å². The Balaban J connectivity index is 1.69. The number of thiazole rings is 1. The van der Waals surface area contributed by atoms with Crippen LogP contribution in [-0.2, 0) is 6.61 Å². The number of hydrogen-bond donors (Lipinski definition) is 0. The van der Waals surface area contributed by atoms with Gasteiger partial charge in [-0.05, 0) is 0 Å². The van der Waals surface area contributed by atoms with Crippen molar-refractivity contribution in [1.82, 2.24) is 15.2 Å². The van der Waals surface area contributed by atoms with Crippen LogP contribution in [0.4, 0.5) is 0 Å². The normalized spacial score (nSPS) is 10.4. The summed E-state index contributed by atoms with van der Waals surface area (Å²) in [7, 11) is 0. The number of hydrogen-bond acceptors (Lipinski definition) is 5. The van der Waals surface area contributed by atoms with Gasteiger partial charge in [0, 0.05) is 17.0 Å². The first-order chi connectivity index (χ1) is 9.81. The summed E-state index contributed by atoms with van der Waals surface area (Å²) < 4.78 is 5.58. The summed E-state index contributed by atoms with van der Waals surface area (Å²) in [5.41, 5.74) is 1.99. The van der Waals surface area contributed by atoms with Crippen LogP contribution in [0.5, 0.6) is 5.75 Å². The Hall–Kier alpha value is -1.98. The van der Waals surface area contributed by atoms with Crippen molar-refractivity contribution in [3.8, 4) is 16.3 Å². The van der Waals surface area contributed by atoms with Gasteiger partial charge in [-0.1, -0.05) is 41.9 Å². The van der Waals surface area contributed by atoms with E-state index in [0.29, 0.717) is 17.5 Å². The first-order valence-electron chi connectivity index (χ1n) is 5.92. The van der Waals surface area contributed by atoms with E-state index in [1.807, 2.05) is 35.7 Å². The summed E-state index contributed by atoms with van der Waals surface area (Å²) in [6, 6.07) is 11.7. The molecule has 2 aromatic heterocycles. The summed E-state index contributed by atoms with van der Waals surface area (Å²) in [5.74, 6) is 0.583. The minimum atomic E-state index is 0.311. The van der Waals surface area contributed by atoms with Gasteiger partial charge < -0.3 is 4.74 Å². The van der Waals surface area contributed by atoms with Gasteiger partial charge in [-0.2, -0.15) is 5.10 Å². The van der Waals surface area contributed by atoms with Crippen molar-refractivity contribution in [3.05, 3.63) is 58.8 Å². The van der Waals surface area contributed by atoms with Gasteiger partial charge in [-0.15, -0.1) is 16.4 Å². The van der Waals surface area contributed by atoms with Crippen molar-refractivity contribution < 1.29 is 4.74 Å². The second-order valence-electron chi connectivity index (χ2n) is 4.01. The molecule has 0 saturated heterocycles. The third-order valence-corrected chi connectivity index (χ3v) is 3.68. The summed E-state index contributed by atoms with van der Waals surface area (Å²) in [4.78, 5) is 4.54. The molecular weight excluding hydrogens is 294 g/mol. The molecule has 3 rings (SSSR count). The van der Waals surface area contributed by atoms with E-state index < -0.39 is 0 Å². The molecule has 0 amide bonds. The van der Waals surface area contributed by atoms with Gasteiger partial charge >= 0.3 is 0 Å². The Bertz CT molecular complexity index is 702. The van der Waals surface area contributed by atoms with E-state index in [1.54, 1.807) is 17.4 Å². The predicted molar refractivity (Wildman–Crippen MR) is 78.9 cm³/mol. The fourth-order valence-corrected chi connectivity index (χ4v) is 2.61. The molecule has 0 radical (unpaired) electrons. The van der Waals surface area contributed by atoms with Gasteiger partial charge in [-0.25, -0.2) is 4.98 Å². The molecule has 0 aliphatic carbocycles. The highest BCUT2D eigenvalue weighted by atomic mass is 35.5. The monoisotopic (exact) mass is 303 g/mol. The number of nitrogens with zero attached hydrogens (tertiary/aromatic N) is 3. The molecule has 0 atom stereocenters. The maximum atomic E-state index is 5.74. The molecule has 0 N–H and O–H groups in total. The third-order valence-electron chi connectivity index (χ3n) is 2.56. The molecule has 0 bridgehead atoms. The molecule has 6 heteroatoms. The number of aromatic nitrogens is 3. The molecule has 20 heavy (non-hydrogen) atoms. The zero-order valence-electron chi connectivity index (χ0n) is 10.4. The van der Waals surface area contributed by atoms with Crippen LogP contribution in [0, 0.1) is 0 Å². The van der Waals surface area contributed by atoms with E-state index >= 15 is 0 Å². The van der Waals surface area contributed by atoms with Crippen molar-refractivity contribution >= 4 is 22.9 Å². The number of rotatable bonds is 4. The first kappa shape index (κ1) is 13.0. The largest absolute Gasteiger partial charge is 0.485 e. The van der Waals surface area contributed by atoms with Crippen molar-refractivity contribution in [2.75, 3.05) is 0 Å². The van der Waals surface area contributed by atoms with Crippen LogP contribution in [0.2, 0.25) is 5.15 Å². The van der Waals surface area contributed by atoms with E-state index in [9.17, 15) is 0 Å². The highest BCUT2D eigenvalue weighted by molar-refractivity contribution is 7.13. The van der Waals surface area contributed by atoms with E-state index in [0.717, 1.165) is 16.3 Å². The molecule has 0 aliphatic rings. The van der Waals surface area contributed by atoms with Gasteiger partial charge in [0.15, 0.2) is 5.15 Å². The Kier molecular flexibility index (Phi) is 3.90. The van der Waals surface area contributed by atoms with Gasteiger partial charge in [0.1, 0.15) is 17.4 Å². The summed E-state index contributed by atoms with van der Waals surface area (Å²) in [5, 5.41) is 10.7. The lowest BCUT2D eigenvalue weighted by Crippen LogP contribution is -1.96. The minimum absolute atomic E-state index is 0.311. The van der Waals surface area contributed by atoms with Gasteiger partial charge in [0.25, 0.3) is 0 Å². The van der Waals surface area contributed by atoms with Crippen molar-refractivity contribution in [1.29, 1.82) is 0 Å². The average molecular weight is 304 g/mol. The molecule has 3 aromatic rings. The van der Waals surface area contributed by atoms with Crippen LogP contribution >= 0.6 is 22.9 Å². The molecule has 0 spiro atoms. The quantitative estimate of drug-likeness (QED) is 0.735. The van der Waals surface area contributed by atoms with Crippen LogP contribution in [-0.4, -0.2) is 15.2 Å². The summed E-state index contributed by atoms with van der Waals surface area (Å²) >= 11 is 7.34.